The van der Waals surface area contributed by atoms with Crippen molar-refractivity contribution >= 4 is 11.8 Å². The van der Waals surface area contributed by atoms with Gasteiger partial charge in [-0.3, -0.25) is 0 Å². The van der Waals surface area contributed by atoms with Crippen LogP contribution < -0.4 is 9.47 Å². The predicted molar refractivity (Wildman–Crippen MR) is 45.5 cm³/mol. The van der Waals surface area contributed by atoms with Gasteiger partial charge in [-0.1, -0.05) is 11.8 Å². The number of hydrogen-bond donors (Lipinski definition) is 1. The van der Waals surface area contributed by atoms with Crippen LogP contribution in [0.2, 0.25) is 0 Å². The van der Waals surface area contributed by atoms with E-state index in [0.717, 1.165) is 16.4 Å². The fourth-order valence-corrected chi connectivity index (χ4v) is 1.54. The summed E-state index contributed by atoms with van der Waals surface area (Å²) >= 11 is 1.36. The van der Waals surface area contributed by atoms with Gasteiger partial charge in [0.25, 0.3) is 0 Å². The molecule has 0 atom stereocenters. The average Bonchev–Trinajstić information content (AvgIpc) is 2.51. The first kappa shape index (κ1) is 7.76. The first-order chi connectivity index (χ1) is 5.90. The van der Waals surface area contributed by atoms with Gasteiger partial charge in [0.1, 0.15) is 0 Å². The van der Waals surface area contributed by atoms with Gasteiger partial charge in [-0.2, -0.15) is 0 Å². The highest BCUT2D eigenvalue weighted by atomic mass is 32.2. The van der Waals surface area contributed by atoms with Crippen molar-refractivity contribution < 1.29 is 14.6 Å². The zero-order valence-electron chi connectivity index (χ0n) is 6.32. The number of rotatable bonds is 2. The molecule has 0 radical (unpaired) electrons. The molecule has 1 N–H and O–H groups in total. The Hall–Kier alpha value is -0.870. The number of ether oxygens (including phenoxy) is 2. The average molecular weight is 184 g/mol. The van der Waals surface area contributed by atoms with Gasteiger partial charge in [0, 0.05) is 4.90 Å². The zero-order chi connectivity index (χ0) is 8.39. The van der Waals surface area contributed by atoms with Crippen molar-refractivity contribution in [3.8, 4) is 11.5 Å². The van der Waals surface area contributed by atoms with Crippen molar-refractivity contribution in [2.45, 2.75) is 4.90 Å². The van der Waals surface area contributed by atoms with E-state index < -0.39 is 0 Å². The minimum Gasteiger partial charge on any atom is -0.454 e. The third-order valence-electron chi connectivity index (χ3n) is 1.58. The molecular formula is C8H8O3S. The molecule has 1 aliphatic heterocycles. The van der Waals surface area contributed by atoms with E-state index in [9.17, 15) is 0 Å². The van der Waals surface area contributed by atoms with E-state index in [4.69, 9.17) is 14.6 Å². The quantitative estimate of drug-likeness (QED) is 0.558. The first-order valence-corrected chi connectivity index (χ1v) is 4.52. The highest BCUT2D eigenvalue weighted by Crippen LogP contribution is 2.35. The van der Waals surface area contributed by atoms with Crippen LogP contribution in [0, 0.1) is 0 Å². The van der Waals surface area contributed by atoms with Crippen molar-refractivity contribution in [1.29, 1.82) is 0 Å². The molecule has 1 aromatic carbocycles. The Morgan fingerprint density at radius 2 is 2.17 bits per heavy atom. The van der Waals surface area contributed by atoms with Gasteiger partial charge >= 0.3 is 0 Å². The molecule has 1 aliphatic rings. The van der Waals surface area contributed by atoms with E-state index in [1.54, 1.807) is 0 Å². The molecule has 0 saturated carbocycles. The topological polar surface area (TPSA) is 38.7 Å². The summed E-state index contributed by atoms with van der Waals surface area (Å²) in [5.41, 5.74) is 0. The van der Waals surface area contributed by atoms with E-state index in [1.807, 2.05) is 18.2 Å². The van der Waals surface area contributed by atoms with Gasteiger partial charge < -0.3 is 14.6 Å². The molecule has 0 aliphatic carbocycles. The summed E-state index contributed by atoms with van der Waals surface area (Å²) in [6, 6.07) is 5.61. The van der Waals surface area contributed by atoms with Gasteiger partial charge in [0.05, 0.1) is 5.94 Å². The number of benzene rings is 1. The summed E-state index contributed by atoms with van der Waals surface area (Å²) in [6.45, 7) is 0.294. The molecule has 2 rings (SSSR count). The van der Waals surface area contributed by atoms with Crippen LogP contribution in [-0.2, 0) is 0 Å². The van der Waals surface area contributed by atoms with E-state index >= 15 is 0 Å². The van der Waals surface area contributed by atoms with Gasteiger partial charge in [0.2, 0.25) is 6.79 Å². The number of hydrogen-bond acceptors (Lipinski definition) is 4. The monoisotopic (exact) mass is 184 g/mol. The largest absolute Gasteiger partial charge is 0.454 e. The number of aliphatic hydroxyl groups is 1. The maximum atomic E-state index is 8.66. The molecule has 3 nitrogen and oxygen atoms in total. The summed E-state index contributed by atoms with van der Waals surface area (Å²) < 4.78 is 10.3. The molecule has 4 heteroatoms. The predicted octanol–water partition coefficient (Wildman–Crippen LogP) is 1.46. The van der Waals surface area contributed by atoms with E-state index in [-0.39, 0.29) is 5.94 Å². The summed E-state index contributed by atoms with van der Waals surface area (Å²) in [4.78, 5) is 0.988. The Balaban J connectivity index is 2.26. The third kappa shape index (κ3) is 1.35. The number of fused-ring (bicyclic) bond motifs is 1. The van der Waals surface area contributed by atoms with E-state index in [2.05, 4.69) is 0 Å². The first-order valence-electron chi connectivity index (χ1n) is 3.53. The number of thioether (sulfide) groups is 1. The third-order valence-corrected chi connectivity index (χ3v) is 2.29. The van der Waals surface area contributed by atoms with Crippen LogP contribution in [0.3, 0.4) is 0 Å². The molecule has 12 heavy (non-hydrogen) atoms. The molecule has 0 spiro atoms. The van der Waals surface area contributed by atoms with Crippen molar-refractivity contribution in [2.75, 3.05) is 12.7 Å². The SMILES string of the molecule is OCSc1ccc2c(c1)OCO2. The second-order valence-corrected chi connectivity index (χ2v) is 3.31. The minimum atomic E-state index is 0.0830. The van der Waals surface area contributed by atoms with Crippen LogP contribution in [0.25, 0.3) is 0 Å². The van der Waals surface area contributed by atoms with Crippen molar-refractivity contribution in [3.05, 3.63) is 18.2 Å². The van der Waals surface area contributed by atoms with E-state index in [0.29, 0.717) is 6.79 Å². The van der Waals surface area contributed by atoms with E-state index in [1.165, 1.54) is 11.8 Å². The van der Waals surface area contributed by atoms with Crippen molar-refractivity contribution in [3.63, 3.8) is 0 Å². The Morgan fingerprint density at radius 3 is 3.00 bits per heavy atom. The van der Waals surface area contributed by atoms with Gasteiger partial charge in [-0.25, -0.2) is 0 Å². The molecule has 0 bridgehead atoms. The van der Waals surface area contributed by atoms with Crippen LogP contribution in [-0.4, -0.2) is 17.8 Å². The van der Waals surface area contributed by atoms with Crippen molar-refractivity contribution in [2.24, 2.45) is 0 Å². The molecule has 0 unspecified atom stereocenters. The second-order valence-electron chi connectivity index (χ2n) is 2.29. The van der Waals surface area contributed by atoms with Gasteiger partial charge in [-0.15, -0.1) is 0 Å². The van der Waals surface area contributed by atoms with Crippen LogP contribution in [0.15, 0.2) is 23.1 Å². The molecule has 64 valence electrons. The zero-order valence-corrected chi connectivity index (χ0v) is 7.13. The maximum Gasteiger partial charge on any atom is 0.231 e. The Morgan fingerprint density at radius 1 is 1.33 bits per heavy atom. The number of aliphatic hydroxyl groups excluding tert-OH is 1. The molecule has 0 saturated heterocycles. The summed E-state index contributed by atoms with van der Waals surface area (Å²) in [7, 11) is 0. The van der Waals surface area contributed by atoms with Crippen LogP contribution in [0.4, 0.5) is 0 Å². The van der Waals surface area contributed by atoms with Crippen LogP contribution >= 0.6 is 11.8 Å². The normalized spacial score (nSPS) is 13.4. The fourth-order valence-electron chi connectivity index (χ4n) is 1.04. The van der Waals surface area contributed by atoms with Gasteiger partial charge in [0.15, 0.2) is 11.5 Å². The van der Waals surface area contributed by atoms with Gasteiger partial charge in [-0.05, 0) is 18.2 Å². The maximum absolute atomic E-state index is 8.66. The highest BCUT2D eigenvalue weighted by molar-refractivity contribution is 7.99. The highest BCUT2D eigenvalue weighted by Gasteiger charge is 2.12. The Kier molecular flexibility index (Phi) is 2.10. The lowest BCUT2D eigenvalue weighted by atomic mass is 10.3. The summed E-state index contributed by atoms with van der Waals surface area (Å²) in [5, 5.41) is 8.66. The Bertz CT molecular complexity index is 288. The second kappa shape index (κ2) is 3.25. The molecule has 0 fully saturated rings. The molecule has 0 amide bonds. The van der Waals surface area contributed by atoms with Crippen LogP contribution in [0.1, 0.15) is 0 Å². The lowest BCUT2D eigenvalue weighted by Gasteiger charge is -1.99. The molecule has 1 heterocycles. The lowest BCUT2D eigenvalue weighted by molar-refractivity contribution is 0.174. The van der Waals surface area contributed by atoms with Crippen LogP contribution in [0.5, 0.6) is 11.5 Å². The standard InChI is InChI=1S/C8H8O3S/c9-4-12-6-1-2-7-8(3-6)11-5-10-7/h1-3,9H,4-5H2. The summed E-state index contributed by atoms with van der Waals surface area (Å²) in [6.07, 6.45) is 0. The lowest BCUT2D eigenvalue weighted by Crippen LogP contribution is -1.92. The minimum absolute atomic E-state index is 0.0830. The molecule has 0 aromatic heterocycles. The molecule has 1 aromatic rings. The Labute approximate surface area is 74.3 Å². The fraction of sp³-hybridized carbons (Fsp3) is 0.250. The van der Waals surface area contributed by atoms with Crippen molar-refractivity contribution in [1.82, 2.24) is 0 Å². The smallest absolute Gasteiger partial charge is 0.231 e. The summed E-state index contributed by atoms with van der Waals surface area (Å²) in [5.74, 6) is 1.62. The molecular weight excluding hydrogens is 176 g/mol.